The molecule has 0 atom stereocenters. The van der Waals surface area contributed by atoms with E-state index in [0.717, 1.165) is 17.7 Å². The van der Waals surface area contributed by atoms with Crippen molar-refractivity contribution >= 4 is 34.2 Å². The van der Waals surface area contributed by atoms with Crippen molar-refractivity contribution in [2.75, 3.05) is 0 Å². The molecule has 0 aliphatic heterocycles. The molecule has 0 saturated heterocycles. The summed E-state index contributed by atoms with van der Waals surface area (Å²) in [5, 5.41) is 8.09. The van der Waals surface area contributed by atoms with Crippen LogP contribution in [0, 0.1) is 5.92 Å². The van der Waals surface area contributed by atoms with Gasteiger partial charge in [0.25, 0.3) is 5.56 Å². The molecule has 0 aliphatic carbocycles. The number of nitrogens with zero attached hydrogens (tertiary/aromatic N) is 2. The molecule has 3 rings (SSSR count). The van der Waals surface area contributed by atoms with Crippen molar-refractivity contribution in [1.29, 1.82) is 0 Å². The third kappa shape index (κ3) is 3.26. The van der Waals surface area contributed by atoms with Gasteiger partial charge < -0.3 is 4.98 Å². The van der Waals surface area contributed by atoms with E-state index in [9.17, 15) is 4.79 Å². The topological polar surface area (TPSA) is 74.4 Å². The van der Waals surface area contributed by atoms with Gasteiger partial charge in [0.15, 0.2) is 5.52 Å². The Hall–Kier alpha value is -1.85. The van der Waals surface area contributed by atoms with Crippen LogP contribution in [0.3, 0.4) is 0 Å². The van der Waals surface area contributed by atoms with E-state index in [1.807, 2.05) is 0 Å². The molecular weight excluding hydrogens is 335 g/mol. The van der Waals surface area contributed by atoms with E-state index in [0.29, 0.717) is 39.2 Å². The molecule has 5 nitrogen and oxygen atoms in total. The van der Waals surface area contributed by atoms with E-state index in [-0.39, 0.29) is 5.56 Å². The molecule has 0 fully saturated rings. The Morgan fingerprint density at radius 3 is 2.52 bits per heavy atom. The summed E-state index contributed by atoms with van der Waals surface area (Å²) in [6, 6.07) is 5.31. The van der Waals surface area contributed by atoms with E-state index >= 15 is 0 Å². The van der Waals surface area contributed by atoms with Crippen molar-refractivity contribution in [3.05, 3.63) is 55.7 Å². The summed E-state index contributed by atoms with van der Waals surface area (Å²) in [6.45, 7) is 4.20. The van der Waals surface area contributed by atoms with Crippen molar-refractivity contribution in [3.8, 4) is 0 Å². The molecule has 0 radical (unpaired) electrons. The fraction of sp³-hybridized carbons (Fsp3) is 0.312. The molecule has 0 bridgehead atoms. The molecule has 2 N–H and O–H groups in total. The first-order chi connectivity index (χ1) is 11.0. The quantitative estimate of drug-likeness (QED) is 0.752. The summed E-state index contributed by atoms with van der Waals surface area (Å²) < 4.78 is 0. The van der Waals surface area contributed by atoms with E-state index < -0.39 is 0 Å². The molecule has 0 unspecified atom stereocenters. The summed E-state index contributed by atoms with van der Waals surface area (Å²) >= 11 is 12.4. The highest BCUT2D eigenvalue weighted by Gasteiger charge is 2.15. The number of rotatable bonds is 4. The van der Waals surface area contributed by atoms with Gasteiger partial charge in [0.05, 0.1) is 5.69 Å². The monoisotopic (exact) mass is 350 g/mol. The second-order valence-electron chi connectivity index (χ2n) is 5.89. The maximum Gasteiger partial charge on any atom is 0.279 e. The summed E-state index contributed by atoms with van der Waals surface area (Å²) in [5.74, 6) is 0.949. The average molecular weight is 351 g/mol. The SMILES string of the molecule is CC(C)Cc1[nH]nc2c(=O)[nH]c(Cc3c(Cl)cccc3Cl)nc12. The summed E-state index contributed by atoms with van der Waals surface area (Å²) in [7, 11) is 0. The van der Waals surface area contributed by atoms with Crippen molar-refractivity contribution in [1.82, 2.24) is 20.2 Å². The minimum atomic E-state index is -0.264. The van der Waals surface area contributed by atoms with Gasteiger partial charge in [-0.05, 0) is 30.0 Å². The van der Waals surface area contributed by atoms with Crippen LogP contribution in [0.4, 0.5) is 0 Å². The largest absolute Gasteiger partial charge is 0.308 e. The number of nitrogens with one attached hydrogen (secondary N) is 2. The third-order valence-electron chi connectivity index (χ3n) is 3.55. The smallest absolute Gasteiger partial charge is 0.279 e. The zero-order valence-electron chi connectivity index (χ0n) is 12.8. The van der Waals surface area contributed by atoms with Gasteiger partial charge in [-0.25, -0.2) is 4.98 Å². The maximum absolute atomic E-state index is 12.2. The fourth-order valence-corrected chi connectivity index (χ4v) is 3.04. The van der Waals surface area contributed by atoms with Crippen molar-refractivity contribution < 1.29 is 0 Å². The minimum Gasteiger partial charge on any atom is -0.308 e. The predicted molar refractivity (Wildman–Crippen MR) is 92.3 cm³/mol. The Morgan fingerprint density at radius 1 is 1.17 bits per heavy atom. The van der Waals surface area contributed by atoms with Crippen LogP contribution in [-0.4, -0.2) is 20.2 Å². The van der Waals surface area contributed by atoms with Gasteiger partial charge in [0, 0.05) is 16.5 Å². The molecule has 0 spiro atoms. The van der Waals surface area contributed by atoms with Crippen molar-refractivity contribution in [2.24, 2.45) is 5.92 Å². The second-order valence-corrected chi connectivity index (χ2v) is 6.70. The van der Waals surface area contributed by atoms with Crippen LogP contribution in [0.1, 0.15) is 30.9 Å². The highest BCUT2D eigenvalue weighted by Crippen LogP contribution is 2.26. The molecule has 120 valence electrons. The lowest BCUT2D eigenvalue weighted by molar-refractivity contribution is 0.635. The highest BCUT2D eigenvalue weighted by atomic mass is 35.5. The summed E-state index contributed by atoms with van der Waals surface area (Å²) in [5.41, 5.74) is 2.29. The van der Waals surface area contributed by atoms with Gasteiger partial charge in [-0.1, -0.05) is 43.1 Å². The van der Waals surface area contributed by atoms with Crippen LogP contribution in [0.5, 0.6) is 0 Å². The number of benzene rings is 1. The molecule has 1 aromatic carbocycles. The van der Waals surface area contributed by atoms with Crippen LogP contribution in [-0.2, 0) is 12.8 Å². The molecule has 2 aromatic heterocycles. The number of aromatic nitrogens is 4. The highest BCUT2D eigenvalue weighted by molar-refractivity contribution is 6.36. The maximum atomic E-state index is 12.2. The lowest BCUT2D eigenvalue weighted by Gasteiger charge is -2.07. The lowest BCUT2D eigenvalue weighted by Crippen LogP contribution is -2.12. The standard InChI is InChI=1S/C16H16Cl2N4O/c1-8(2)6-12-14-15(22-21-12)16(23)20-13(19-14)7-9-10(17)4-3-5-11(9)18/h3-5,8H,6-7H2,1-2H3,(H,21,22)(H,19,20,23). The van der Waals surface area contributed by atoms with E-state index in [1.54, 1.807) is 18.2 Å². The molecule has 2 heterocycles. The Morgan fingerprint density at radius 2 is 1.87 bits per heavy atom. The van der Waals surface area contributed by atoms with Gasteiger partial charge in [0.1, 0.15) is 11.3 Å². The van der Waals surface area contributed by atoms with E-state index in [2.05, 4.69) is 34.0 Å². The van der Waals surface area contributed by atoms with Crippen molar-refractivity contribution in [3.63, 3.8) is 0 Å². The first-order valence-corrected chi connectivity index (χ1v) is 8.10. The van der Waals surface area contributed by atoms with E-state index in [1.165, 1.54) is 0 Å². The zero-order chi connectivity index (χ0) is 16.6. The molecule has 23 heavy (non-hydrogen) atoms. The molecule has 0 saturated carbocycles. The van der Waals surface area contributed by atoms with E-state index in [4.69, 9.17) is 23.2 Å². The average Bonchev–Trinajstić information content (AvgIpc) is 2.86. The van der Waals surface area contributed by atoms with Gasteiger partial charge in [-0.3, -0.25) is 9.89 Å². The molecular formula is C16H16Cl2N4O. The second kappa shape index (κ2) is 6.34. The molecule has 3 aromatic rings. The number of aromatic amines is 2. The third-order valence-corrected chi connectivity index (χ3v) is 4.26. The van der Waals surface area contributed by atoms with Crippen LogP contribution in [0.2, 0.25) is 10.0 Å². The number of hydrogen-bond donors (Lipinski definition) is 2. The lowest BCUT2D eigenvalue weighted by atomic mass is 10.1. The van der Waals surface area contributed by atoms with Gasteiger partial charge in [-0.15, -0.1) is 0 Å². The first kappa shape index (κ1) is 16.0. The summed E-state index contributed by atoms with van der Waals surface area (Å²) in [6.07, 6.45) is 1.13. The molecule has 0 amide bonds. The Bertz CT molecular complexity index is 894. The summed E-state index contributed by atoms with van der Waals surface area (Å²) in [4.78, 5) is 19.5. The minimum absolute atomic E-state index is 0.264. The number of halogens is 2. The number of fused-ring (bicyclic) bond motifs is 1. The van der Waals surface area contributed by atoms with Crippen LogP contribution < -0.4 is 5.56 Å². The normalized spacial score (nSPS) is 11.5. The van der Waals surface area contributed by atoms with Gasteiger partial charge in [-0.2, -0.15) is 5.10 Å². The van der Waals surface area contributed by atoms with Gasteiger partial charge >= 0.3 is 0 Å². The first-order valence-electron chi connectivity index (χ1n) is 7.34. The van der Waals surface area contributed by atoms with Gasteiger partial charge in [0.2, 0.25) is 0 Å². The van der Waals surface area contributed by atoms with Crippen LogP contribution >= 0.6 is 23.2 Å². The zero-order valence-corrected chi connectivity index (χ0v) is 14.3. The Balaban J connectivity index is 2.06. The number of hydrogen-bond acceptors (Lipinski definition) is 3. The fourth-order valence-electron chi connectivity index (χ4n) is 2.51. The Labute approximate surface area is 143 Å². The van der Waals surface area contributed by atoms with Crippen molar-refractivity contribution in [2.45, 2.75) is 26.7 Å². The van der Waals surface area contributed by atoms with Crippen LogP contribution in [0.15, 0.2) is 23.0 Å². The molecule has 7 heteroatoms. The number of H-pyrrole nitrogens is 2. The molecule has 0 aliphatic rings. The predicted octanol–water partition coefficient (Wildman–Crippen LogP) is 3.74. The Kier molecular flexibility index (Phi) is 4.41. The van der Waals surface area contributed by atoms with Crippen LogP contribution in [0.25, 0.3) is 11.0 Å².